The number of piperazine rings is 1. The fraction of sp³-hybridized carbons (Fsp3) is 0.455. The van der Waals surface area contributed by atoms with Gasteiger partial charge in [-0.3, -0.25) is 0 Å². The van der Waals surface area contributed by atoms with Gasteiger partial charge in [-0.05, 0) is 19.2 Å². The molecule has 19 heavy (non-hydrogen) atoms. The van der Waals surface area contributed by atoms with Crippen LogP contribution in [0.3, 0.4) is 0 Å². The standard InChI is InChI=1S/C11H15ClFN3O2S/c1-15-2-4-16(5-3-15)19(17,18)10-7-8(12)6-9(14)11(10)13/h6-7H,2-5,14H2,1H3. The minimum Gasteiger partial charge on any atom is -0.396 e. The van der Waals surface area contributed by atoms with Crippen LogP contribution in [0, 0.1) is 5.82 Å². The molecule has 0 radical (unpaired) electrons. The van der Waals surface area contributed by atoms with E-state index in [1.165, 1.54) is 10.4 Å². The highest BCUT2D eigenvalue weighted by molar-refractivity contribution is 7.89. The number of benzene rings is 1. The van der Waals surface area contributed by atoms with Crippen LogP contribution in [0.1, 0.15) is 0 Å². The van der Waals surface area contributed by atoms with Crippen LogP contribution in [0.5, 0.6) is 0 Å². The zero-order chi connectivity index (χ0) is 14.2. The molecule has 5 nitrogen and oxygen atoms in total. The Morgan fingerprint density at radius 2 is 1.84 bits per heavy atom. The predicted octanol–water partition coefficient (Wildman–Crippen LogP) is 0.997. The Morgan fingerprint density at radius 1 is 1.26 bits per heavy atom. The summed E-state index contributed by atoms with van der Waals surface area (Å²) in [5.41, 5.74) is 5.16. The minimum absolute atomic E-state index is 0.103. The first-order valence-electron chi connectivity index (χ1n) is 5.75. The van der Waals surface area contributed by atoms with Crippen molar-refractivity contribution in [3.63, 3.8) is 0 Å². The van der Waals surface area contributed by atoms with Crippen molar-refractivity contribution < 1.29 is 12.8 Å². The molecule has 0 spiro atoms. The number of likely N-dealkylation sites (N-methyl/N-ethyl adjacent to an activating group) is 1. The van der Waals surface area contributed by atoms with Gasteiger partial charge in [0.25, 0.3) is 0 Å². The summed E-state index contributed by atoms with van der Waals surface area (Å²) in [6.45, 7) is 1.86. The van der Waals surface area contributed by atoms with Gasteiger partial charge in [0, 0.05) is 31.2 Å². The maximum absolute atomic E-state index is 13.9. The number of nitrogen functional groups attached to an aromatic ring is 1. The number of nitrogens with zero attached hydrogens (tertiary/aromatic N) is 2. The monoisotopic (exact) mass is 307 g/mol. The third-order valence-corrected chi connectivity index (χ3v) is 5.23. The topological polar surface area (TPSA) is 66.6 Å². The molecule has 0 unspecified atom stereocenters. The number of sulfonamides is 1. The maximum atomic E-state index is 13.9. The fourth-order valence-corrected chi connectivity index (χ4v) is 3.77. The van der Waals surface area contributed by atoms with Crippen molar-refractivity contribution in [1.29, 1.82) is 0 Å². The molecule has 0 saturated carbocycles. The van der Waals surface area contributed by atoms with Gasteiger partial charge in [0.15, 0.2) is 5.82 Å². The van der Waals surface area contributed by atoms with Crippen LogP contribution in [-0.2, 0) is 10.0 Å². The van der Waals surface area contributed by atoms with Gasteiger partial charge in [-0.15, -0.1) is 0 Å². The van der Waals surface area contributed by atoms with Gasteiger partial charge in [0.1, 0.15) is 4.90 Å². The summed E-state index contributed by atoms with van der Waals surface area (Å²) in [5, 5.41) is 0.103. The highest BCUT2D eigenvalue weighted by Crippen LogP contribution is 2.28. The molecule has 0 amide bonds. The Morgan fingerprint density at radius 3 is 2.42 bits per heavy atom. The molecule has 1 heterocycles. The van der Waals surface area contributed by atoms with E-state index < -0.39 is 20.7 Å². The van der Waals surface area contributed by atoms with E-state index >= 15 is 0 Å². The quantitative estimate of drug-likeness (QED) is 0.828. The lowest BCUT2D eigenvalue weighted by Gasteiger charge is -2.31. The van der Waals surface area contributed by atoms with Crippen molar-refractivity contribution in [2.24, 2.45) is 0 Å². The third-order valence-electron chi connectivity index (χ3n) is 3.11. The van der Waals surface area contributed by atoms with Crippen LogP contribution in [-0.4, -0.2) is 50.8 Å². The number of anilines is 1. The Kier molecular flexibility index (Phi) is 4.00. The molecule has 1 saturated heterocycles. The summed E-state index contributed by atoms with van der Waals surface area (Å²) in [6.07, 6.45) is 0. The Labute approximate surface area is 116 Å². The van der Waals surface area contributed by atoms with Crippen molar-refractivity contribution >= 4 is 27.3 Å². The molecular formula is C11H15ClFN3O2S. The van der Waals surface area contributed by atoms with Crippen molar-refractivity contribution in [1.82, 2.24) is 9.21 Å². The first-order chi connectivity index (χ1) is 8.82. The van der Waals surface area contributed by atoms with Gasteiger partial charge >= 0.3 is 0 Å². The van der Waals surface area contributed by atoms with E-state index in [2.05, 4.69) is 0 Å². The zero-order valence-corrected chi connectivity index (χ0v) is 12.0. The molecule has 0 aromatic heterocycles. The first kappa shape index (κ1) is 14.5. The van der Waals surface area contributed by atoms with Crippen molar-refractivity contribution in [2.45, 2.75) is 4.90 Å². The van der Waals surface area contributed by atoms with E-state index in [4.69, 9.17) is 17.3 Å². The summed E-state index contributed by atoms with van der Waals surface area (Å²) in [4.78, 5) is 1.55. The van der Waals surface area contributed by atoms with E-state index in [1.807, 2.05) is 11.9 Å². The van der Waals surface area contributed by atoms with Crippen molar-refractivity contribution in [3.8, 4) is 0 Å². The summed E-state index contributed by atoms with van der Waals surface area (Å²) in [6, 6.07) is 2.29. The molecule has 2 rings (SSSR count). The fourth-order valence-electron chi connectivity index (χ4n) is 1.94. The lowest BCUT2D eigenvalue weighted by molar-refractivity contribution is 0.222. The average molecular weight is 308 g/mol. The Hall–Kier alpha value is -0.890. The second-order valence-corrected chi connectivity index (χ2v) is 6.86. The number of hydrogen-bond donors (Lipinski definition) is 1. The summed E-state index contributed by atoms with van der Waals surface area (Å²) >= 11 is 5.75. The van der Waals surface area contributed by atoms with Crippen LogP contribution < -0.4 is 5.73 Å². The van der Waals surface area contributed by atoms with Gasteiger partial charge in [0.2, 0.25) is 10.0 Å². The minimum atomic E-state index is -3.89. The number of nitrogens with two attached hydrogens (primary N) is 1. The zero-order valence-electron chi connectivity index (χ0n) is 10.4. The van der Waals surface area contributed by atoms with E-state index in [0.717, 1.165) is 6.07 Å². The van der Waals surface area contributed by atoms with Crippen molar-refractivity contribution in [3.05, 3.63) is 23.0 Å². The molecular weight excluding hydrogens is 293 g/mol. The molecule has 0 atom stereocenters. The molecule has 1 aliphatic heterocycles. The lowest BCUT2D eigenvalue weighted by Crippen LogP contribution is -2.47. The van der Waals surface area contributed by atoms with Crippen LogP contribution in [0.15, 0.2) is 17.0 Å². The second-order valence-electron chi connectivity index (χ2n) is 4.51. The Balaban J connectivity index is 2.40. The SMILES string of the molecule is CN1CCN(S(=O)(=O)c2cc(Cl)cc(N)c2F)CC1. The first-order valence-corrected chi connectivity index (χ1v) is 7.57. The van der Waals surface area contributed by atoms with Gasteiger partial charge in [-0.25, -0.2) is 12.8 Å². The van der Waals surface area contributed by atoms with Crippen molar-refractivity contribution in [2.75, 3.05) is 39.0 Å². The third kappa shape index (κ3) is 2.84. The highest BCUT2D eigenvalue weighted by Gasteiger charge is 2.30. The summed E-state index contributed by atoms with van der Waals surface area (Å²) in [5.74, 6) is -0.941. The van der Waals surface area contributed by atoms with Gasteiger partial charge in [-0.1, -0.05) is 11.6 Å². The maximum Gasteiger partial charge on any atom is 0.246 e. The number of hydrogen-bond acceptors (Lipinski definition) is 4. The van der Waals surface area contributed by atoms with E-state index in [0.29, 0.717) is 26.2 Å². The second kappa shape index (κ2) is 5.24. The van der Waals surface area contributed by atoms with Gasteiger partial charge < -0.3 is 10.6 Å². The normalized spacial score (nSPS) is 18.7. The number of halogens is 2. The molecule has 1 aromatic rings. The van der Waals surface area contributed by atoms with Gasteiger partial charge in [-0.2, -0.15) is 4.31 Å². The average Bonchev–Trinajstić information content (AvgIpc) is 2.34. The highest BCUT2D eigenvalue weighted by atomic mass is 35.5. The molecule has 1 fully saturated rings. The van der Waals surface area contributed by atoms with Gasteiger partial charge in [0.05, 0.1) is 5.69 Å². The number of rotatable bonds is 2. The molecule has 0 bridgehead atoms. The predicted molar refractivity (Wildman–Crippen MR) is 72.1 cm³/mol. The molecule has 2 N–H and O–H groups in total. The van der Waals surface area contributed by atoms with E-state index in [-0.39, 0.29) is 10.7 Å². The summed E-state index contributed by atoms with van der Waals surface area (Å²) in [7, 11) is -1.99. The molecule has 0 aliphatic carbocycles. The van der Waals surface area contributed by atoms with Crippen LogP contribution >= 0.6 is 11.6 Å². The smallest absolute Gasteiger partial charge is 0.246 e. The van der Waals surface area contributed by atoms with Crippen LogP contribution in [0.4, 0.5) is 10.1 Å². The molecule has 1 aliphatic rings. The molecule has 106 valence electrons. The molecule has 8 heteroatoms. The van der Waals surface area contributed by atoms with Crippen LogP contribution in [0.2, 0.25) is 5.02 Å². The van der Waals surface area contributed by atoms with E-state index in [9.17, 15) is 12.8 Å². The van der Waals surface area contributed by atoms with E-state index in [1.54, 1.807) is 0 Å². The molecule has 1 aromatic carbocycles. The Bertz CT molecular complexity index is 586. The lowest BCUT2D eigenvalue weighted by atomic mass is 10.3. The largest absolute Gasteiger partial charge is 0.396 e. The van der Waals surface area contributed by atoms with Crippen LogP contribution in [0.25, 0.3) is 0 Å². The summed E-state index contributed by atoms with van der Waals surface area (Å²) < 4.78 is 39.9.